The van der Waals surface area contributed by atoms with E-state index in [0.717, 1.165) is 12.1 Å². The third-order valence-corrected chi connectivity index (χ3v) is 6.93. The first kappa shape index (κ1) is 18.1. The zero-order valence-electron chi connectivity index (χ0n) is 13.6. The Hall–Kier alpha value is -1.25. The smallest absolute Gasteiger partial charge is 0.243 e. The van der Waals surface area contributed by atoms with Gasteiger partial charge in [0.15, 0.2) is 0 Å². The molecule has 1 aromatic carbocycles. The van der Waals surface area contributed by atoms with Gasteiger partial charge in [0.1, 0.15) is 0 Å². The van der Waals surface area contributed by atoms with Gasteiger partial charge in [-0.2, -0.15) is 4.31 Å². The van der Waals surface area contributed by atoms with Crippen molar-refractivity contribution in [2.75, 3.05) is 30.5 Å². The summed E-state index contributed by atoms with van der Waals surface area (Å²) in [7, 11) is -3.22. The first-order valence-electron chi connectivity index (χ1n) is 7.42. The summed E-state index contributed by atoms with van der Waals surface area (Å²) in [4.78, 5) is 13.6. The van der Waals surface area contributed by atoms with Crippen LogP contribution in [0.2, 0.25) is 0 Å². The second-order valence-electron chi connectivity index (χ2n) is 5.75. The van der Waals surface area contributed by atoms with E-state index < -0.39 is 20.8 Å². The van der Waals surface area contributed by atoms with Crippen LogP contribution in [0.4, 0.5) is 5.69 Å². The van der Waals surface area contributed by atoms with Gasteiger partial charge in [0.2, 0.25) is 15.9 Å². The quantitative estimate of drug-likeness (QED) is 0.766. The Morgan fingerprint density at radius 3 is 2.39 bits per heavy atom. The third-order valence-electron chi connectivity index (χ3n) is 4.00. The Morgan fingerprint density at radius 2 is 1.91 bits per heavy atom. The number of carbonyl (C=O) groups excluding carboxylic acids is 1. The molecule has 8 heteroatoms. The van der Waals surface area contributed by atoms with Crippen LogP contribution < -0.4 is 4.90 Å². The number of hydrogen-bond donors (Lipinski definition) is 0. The van der Waals surface area contributed by atoms with Crippen molar-refractivity contribution in [3.8, 4) is 0 Å². The standard InChI is InChI=1S/C15H22N2O4S2/c1-12(11-22(3)19)16(2)23(20,21)14-8-6-13(7-9-14)17-10-4-5-15(17)18/h6-9,12H,4-5,10-11H2,1-3H3. The predicted octanol–water partition coefficient (Wildman–Crippen LogP) is 1.20. The molecule has 1 fully saturated rings. The molecule has 23 heavy (non-hydrogen) atoms. The van der Waals surface area contributed by atoms with Crippen LogP contribution in [-0.2, 0) is 25.6 Å². The van der Waals surface area contributed by atoms with Gasteiger partial charge in [0.25, 0.3) is 0 Å². The molecule has 1 aliphatic rings. The van der Waals surface area contributed by atoms with Crippen LogP contribution in [0.5, 0.6) is 0 Å². The topological polar surface area (TPSA) is 74.8 Å². The highest BCUT2D eigenvalue weighted by atomic mass is 32.2. The number of benzene rings is 1. The number of anilines is 1. The fraction of sp³-hybridized carbons (Fsp3) is 0.533. The molecule has 2 atom stereocenters. The Labute approximate surface area is 140 Å². The molecule has 0 spiro atoms. The average molecular weight is 358 g/mol. The van der Waals surface area contributed by atoms with Crippen molar-refractivity contribution in [3.05, 3.63) is 24.3 Å². The molecular weight excluding hydrogens is 336 g/mol. The average Bonchev–Trinajstić information content (AvgIpc) is 2.92. The number of sulfonamides is 1. The molecule has 0 radical (unpaired) electrons. The van der Waals surface area contributed by atoms with E-state index in [0.29, 0.717) is 13.0 Å². The summed E-state index contributed by atoms with van der Waals surface area (Å²) in [5, 5.41) is 0. The molecule has 0 N–H and O–H groups in total. The lowest BCUT2D eigenvalue weighted by molar-refractivity contribution is -0.117. The van der Waals surface area contributed by atoms with Crippen LogP contribution in [0, 0.1) is 0 Å². The van der Waals surface area contributed by atoms with Crippen LogP contribution in [0.15, 0.2) is 29.2 Å². The summed E-state index contributed by atoms with van der Waals surface area (Å²) in [5.74, 6) is 0.354. The fourth-order valence-corrected chi connectivity index (χ4v) is 4.93. The third kappa shape index (κ3) is 3.99. The maximum Gasteiger partial charge on any atom is 0.243 e. The molecule has 1 amide bonds. The number of amides is 1. The summed E-state index contributed by atoms with van der Waals surface area (Å²) in [6.07, 6.45) is 2.92. The van der Waals surface area contributed by atoms with E-state index in [1.54, 1.807) is 30.2 Å². The highest BCUT2D eigenvalue weighted by Crippen LogP contribution is 2.24. The highest BCUT2D eigenvalue weighted by molar-refractivity contribution is 7.89. The van der Waals surface area contributed by atoms with Gasteiger partial charge in [0.05, 0.1) is 4.90 Å². The largest absolute Gasteiger partial charge is 0.312 e. The lowest BCUT2D eigenvalue weighted by Gasteiger charge is -2.24. The molecular formula is C15H22N2O4S2. The first-order chi connectivity index (χ1) is 10.7. The molecule has 0 aromatic heterocycles. The molecule has 1 aromatic rings. The zero-order valence-corrected chi connectivity index (χ0v) is 15.2. The van der Waals surface area contributed by atoms with Crippen LogP contribution in [0.3, 0.4) is 0 Å². The molecule has 0 bridgehead atoms. The van der Waals surface area contributed by atoms with E-state index in [2.05, 4.69) is 0 Å². The van der Waals surface area contributed by atoms with Gasteiger partial charge in [0, 0.05) is 54.6 Å². The molecule has 2 unspecified atom stereocenters. The Morgan fingerprint density at radius 1 is 1.30 bits per heavy atom. The Balaban J connectivity index is 2.20. The minimum atomic E-state index is -3.64. The molecule has 6 nitrogen and oxygen atoms in total. The SMILES string of the molecule is CC(CS(C)=O)N(C)S(=O)(=O)c1ccc(N2CCCC2=O)cc1. The molecule has 1 heterocycles. The second-order valence-corrected chi connectivity index (χ2v) is 9.23. The van der Waals surface area contributed by atoms with E-state index in [1.165, 1.54) is 23.5 Å². The van der Waals surface area contributed by atoms with E-state index in [-0.39, 0.29) is 22.6 Å². The molecule has 0 aliphatic carbocycles. The van der Waals surface area contributed by atoms with Crippen LogP contribution in [-0.4, -0.2) is 54.5 Å². The first-order valence-corrected chi connectivity index (χ1v) is 10.6. The second kappa shape index (κ2) is 7.11. The van der Waals surface area contributed by atoms with Gasteiger partial charge in [-0.3, -0.25) is 9.00 Å². The Kier molecular flexibility index (Phi) is 5.59. The monoisotopic (exact) mass is 358 g/mol. The van der Waals surface area contributed by atoms with Gasteiger partial charge in [-0.05, 0) is 37.6 Å². The number of hydrogen-bond acceptors (Lipinski definition) is 4. The van der Waals surface area contributed by atoms with Gasteiger partial charge in [-0.1, -0.05) is 0 Å². The highest BCUT2D eigenvalue weighted by Gasteiger charge is 2.27. The minimum absolute atomic E-state index is 0.0665. The van der Waals surface area contributed by atoms with Crippen molar-refractivity contribution >= 4 is 32.4 Å². The lowest BCUT2D eigenvalue weighted by Crippen LogP contribution is -2.38. The van der Waals surface area contributed by atoms with Crippen LogP contribution in [0.25, 0.3) is 0 Å². The van der Waals surface area contributed by atoms with Crippen molar-refractivity contribution in [1.82, 2.24) is 4.31 Å². The lowest BCUT2D eigenvalue weighted by atomic mass is 10.3. The predicted molar refractivity (Wildman–Crippen MR) is 91.4 cm³/mol. The minimum Gasteiger partial charge on any atom is -0.312 e. The maximum absolute atomic E-state index is 12.6. The van der Waals surface area contributed by atoms with Gasteiger partial charge >= 0.3 is 0 Å². The molecule has 128 valence electrons. The summed E-state index contributed by atoms with van der Waals surface area (Å²) in [6, 6.07) is 6.00. The zero-order chi connectivity index (χ0) is 17.2. The van der Waals surface area contributed by atoms with E-state index in [4.69, 9.17) is 0 Å². The van der Waals surface area contributed by atoms with Crippen molar-refractivity contribution in [3.63, 3.8) is 0 Å². The molecule has 0 saturated carbocycles. The van der Waals surface area contributed by atoms with Crippen molar-refractivity contribution in [1.29, 1.82) is 0 Å². The summed E-state index contributed by atoms with van der Waals surface area (Å²) in [6.45, 7) is 2.40. The molecule has 2 rings (SSSR count). The summed E-state index contributed by atoms with van der Waals surface area (Å²) < 4.78 is 37.7. The van der Waals surface area contributed by atoms with Crippen LogP contribution >= 0.6 is 0 Å². The van der Waals surface area contributed by atoms with Crippen molar-refractivity contribution < 1.29 is 17.4 Å². The van der Waals surface area contributed by atoms with Gasteiger partial charge < -0.3 is 4.90 Å². The van der Waals surface area contributed by atoms with Gasteiger partial charge in [-0.15, -0.1) is 0 Å². The van der Waals surface area contributed by atoms with Crippen molar-refractivity contribution in [2.45, 2.75) is 30.7 Å². The summed E-state index contributed by atoms with van der Waals surface area (Å²) >= 11 is 0. The fourth-order valence-electron chi connectivity index (χ4n) is 2.57. The number of nitrogens with zero attached hydrogens (tertiary/aromatic N) is 2. The number of rotatable bonds is 6. The van der Waals surface area contributed by atoms with Crippen molar-refractivity contribution in [2.24, 2.45) is 0 Å². The molecule has 1 aliphatic heterocycles. The number of carbonyl (C=O) groups is 1. The maximum atomic E-state index is 12.6. The van der Waals surface area contributed by atoms with E-state index in [9.17, 15) is 17.4 Å². The summed E-state index contributed by atoms with van der Waals surface area (Å²) in [5.41, 5.74) is 0.719. The van der Waals surface area contributed by atoms with Gasteiger partial charge in [-0.25, -0.2) is 8.42 Å². The van der Waals surface area contributed by atoms with E-state index in [1.807, 2.05) is 0 Å². The normalized spacial score (nSPS) is 18.4. The Bertz CT molecular complexity index is 701. The van der Waals surface area contributed by atoms with E-state index >= 15 is 0 Å². The van der Waals surface area contributed by atoms with Crippen LogP contribution in [0.1, 0.15) is 19.8 Å². The molecule has 1 saturated heterocycles.